The van der Waals surface area contributed by atoms with E-state index in [9.17, 15) is 13.2 Å². The molecule has 0 rings (SSSR count). The van der Waals surface area contributed by atoms with E-state index >= 15 is 0 Å². The van der Waals surface area contributed by atoms with Crippen molar-refractivity contribution < 1.29 is 13.2 Å². The first-order valence-corrected chi connectivity index (χ1v) is 6.90. The number of carbonyl (C=O) groups excluding carboxylic acids is 1. The molecule has 0 aliphatic heterocycles. The van der Waals surface area contributed by atoms with Crippen molar-refractivity contribution in [1.29, 1.82) is 0 Å². The van der Waals surface area contributed by atoms with Gasteiger partial charge < -0.3 is 5.32 Å². The van der Waals surface area contributed by atoms with E-state index in [-0.39, 0.29) is 17.6 Å². The van der Waals surface area contributed by atoms with Crippen LogP contribution in [0, 0.1) is 5.92 Å². The summed E-state index contributed by atoms with van der Waals surface area (Å²) in [5, 5.41) is 7.52. The third-order valence-electron chi connectivity index (χ3n) is 2.26. The second kappa shape index (κ2) is 6.79. The highest BCUT2D eigenvalue weighted by molar-refractivity contribution is 7.89. The maximum atomic E-state index is 11.4. The molecule has 5 nitrogen and oxygen atoms in total. The molecule has 0 unspecified atom stereocenters. The van der Waals surface area contributed by atoms with E-state index in [0.717, 1.165) is 12.8 Å². The molecule has 3 N–H and O–H groups in total. The summed E-state index contributed by atoms with van der Waals surface area (Å²) in [6.07, 6.45) is 1.97. The Morgan fingerprint density at radius 1 is 1.33 bits per heavy atom. The molecule has 0 aromatic rings. The number of amides is 1. The summed E-state index contributed by atoms with van der Waals surface area (Å²) in [4.78, 5) is 11.4. The van der Waals surface area contributed by atoms with Crippen LogP contribution in [0.2, 0.25) is 0 Å². The van der Waals surface area contributed by atoms with Crippen LogP contribution >= 0.6 is 0 Å². The van der Waals surface area contributed by atoms with Gasteiger partial charge in [-0.25, -0.2) is 13.6 Å². The minimum atomic E-state index is -3.40. The standard InChI is InChI=1S/C9H20N2O3S/c1-3-8(4-2)9(12)11-6-5-7-15(10,13)14/h8H,3-7H2,1-2H3,(H,11,12)(H2,10,13,14). The summed E-state index contributed by atoms with van der Waals surface area (Å²) in [5.74, 6) is -0.0650. The van der Waals surface area contributed by atoms with Crippen LogP contribution in [-0.2, 0) is 14.8 Å². The summed E-state index contributed by atoms with van der Waals surface area (Å²) in [6, 6.07) is 0. The van der Waals surface area contributed by atoms with E-state index in [4.69, 9.17) is 5.14 Å². The van der Waals surface area contributed by atoms with Crippen LogP contribution in [0.15, 0.2) is 0 Å². The molecule has 0 radical (unpaired) electrons. The fourth-order valence-corrected chi connectivity index (χ4v) is 1.84. The van der Waals surface area contributed by atoms with Crippen LogP contribution in [-0.4, -0.2) is 26.6 Å². The van der Waals surface area contributed by atoms with E-state index in [1.165, 1.54) is 0 Å². The van der Waals surface area contributed by atoms with E-state index in [1.54, 1.807) is 0 Å². The summed E-state index contributed by atoms with van der Waals surface area (Å²) in [6.45, 7) is 4.28. The Kier molecular flexibility index (Phi) is 6.51. The minimum Gasteiger partial charge on any atom is -0.356 e. The van der Waals surface area contributed by atoms with Gasteiger partial charge in [0.05, 0.1) is 5.75 Å². The van der Waals surface area contributed by atoms with Gasteiger partial charge in [0.2, 0.25) is 15.9 Å². The fourth-order valence-electron chi connectivity index (χ4n) is 1.29. The Labute approximate surface area is 91.5 Å². The van der Waals surface area contributed by atoms with Crippen LogP contribution < -0.4 is 10.5 Å². The van der Waals surface area contributed by atoms with Crippen molar-refractivity contribution in [3.8, 4) is 0 Å². The van der Waals surface area contributed by atoms with Crippen molar-refractivity contribution in [1.82, 2.24) is 5.32 Å². The second-order valence-electron chi connectivity index (χ2n) is 3.52. The van der Waals surface area contributed by atoms with Gasteiger partial charge in [-0.15, -0.1) is 0 Å². The first kappa shape index (κ1) is 14.4. The summed E-state index contributed by atoms with van der Waals surface area (Å²) < 4.78 is 21.2. The van der Waals surface area contributed by atoms with Crippen LogP contribution in [0.25, 0.3) is 0 Å². The fraction of sp³-hybridized carbons (Fsp3) is 0.889. The summed E-state index contributed by atoms with van der Waals surface area (Å²) in [7, 11) is -3.40. The molecule has 0 heterocycles. The third-order valence-corrected chi connectivity index (χ3v) is 3.12. The Bertz CT molecular complexity index is 284. The lowest BCUT2D eigenvalue weighted by molar-refractivity contribution is -0.125. The van der Waals surface area contributed by atoms with E-state index in [0.29, 0.717) is 13.0 Å². The van der Waals surface area contributed by atoms with Gasteiger partial charge in [0, 0.05) is 12.5 Å². The molecule has 0 fully saturated rings. The molecular formula is C9H20N2O3S. The molecule has 6 heteroatoms. The van der Waals surface area contributed by atoms with E-state index < -0.39 is 10.0 Å². The Morgan fingerprint density at radius 3 is 2.27 bits per heavy atom. The van der Waals surface area contributed by atoms with Gasteiger partial charge in [0.25, 0.3) is 0 Å². The molecular weight excluding hydrogens is 216 g/mol. The average molecular weight is 236 g/mol. The molecule has 0 spiro atoms. The van der Waals surface area contributed by atoms with Crippen LogP contribution in [0.5, 0.6) is 0 Å². The highest BCUT2D eigenvalue weighted by atomic mass is 32.2. The summed E-state index contributed by atoms with van der Waals surface area (Å²) in [5.41, 5.74) is 0. The van der Waals surface area contributed by atoms with Gasteiger partial charge in [-0.3, -0.25) is 4.79 Å². The first-order chi connectivity index (χ1) is 6.90. The lowest BCUT2D eigenvalue weighted by atomic mass is 10.0. The maximum Gasteiger partial charge on any atom is 0.223 e. The number of nitrogens with one attached hydrogen (secondary N) is 1. The Balaban J connectivity index is 3.73. The Morgan fingerprint density at radius 2 is 1.87 bits per heavy atom. The molecule has 0 aromatic carbocycles. The smallest absolute Gasteiger partial charge is 0.223 e. The van der Waals surface area contributed by atoms with Gasteiger partial charge in [0.1, 0.15) is 0 Å². The molecule has 0 aliphatic carbocycles. The topological polar surface area (TPSA) is 89.3 Å². The maximum absolute atomic E-state index is 11.4. The number of rotatable bonds is 7. The van der Waals surface area contributed by atoms with Gasteiger partial charge in [-0.05, 0) is 19.3 Å². The molecule has 0 aromatic heterocycles. The zero-order chi connectivity index (χ0) is 11.9. The van der Waals surface area contributed by atoms with Gasteiger partial charge in [0.15, 0.2) is 0 Å². The van der Waals surface area contributed by atoms with Crippen LogP contribution in [0.1, 0.15) is 33.1 Å². The van der Waals surface area contributed by atoms with Gasteiger partial charge >= 0.3 is 0 Å². The SMILES string of the molecule is CCC(CC)C(=O)NCCCS(N)(=O)=O. The zero-order valence-corrected chi connectivity index (χ0v) is 10.1. The van der Waals surface area contributed by atoms with Gasteiger partial charge in [-0.1, -0.05) is 13.8 Å². The average Bonchev–Trinajstić information content (AvgIpc) is 2.13. The molecule has 0 saturated carbocycles. The number of primary sulfonamides is 1. The highest BCUT2D eigenvalue weighted by Gasteiger charge is 2.13. The quantitative estimate of drug-likeness (QED) is 0.619. The number of nitrogens with two attached hydrogens (primary N) is 1. The molecule has 0 atom stereocenters. The Hall–Kier alpha value is -0.620. The monoisotopic (exact) mass is 236 g/mol. The number of hydrogen-bond acceptors (Lipinski definition) is 3. The third kappa shape index (κ3) is 7.33. The number of carbonyl (C=O) groups is 1. The number of sulfonamides is 1. The first-order valence-electron chi connectivity index (χ1n) is 5.18. The summed E-state index contributed by atoms with van der Waals surface area (Å²) >= 11 is 0. The second-order valence-corrected chi connectivity index (χ2v) is 5.26. The predicted octanol–water partition coefficient (Wildman–Crippen LogP) is 0.217. The molecule has 1 amide bonds. The molecule has 0 aliphatic rings. The highest BCUT2D eigenvalue weighted by Crippen LogP contribution is 2.06. The lowest BCUT2D eigenvalue weighted by Gasteiger charge is -2.12. The van der Waals surface area contributed by atoms with Crippen molar-refractivity contribution in [3.05, 3.63) is 0 Å². The van der Waals surface area contributed by atoms with Gasteiger partial charge in [-0.2, -0.15) is 0 Å². The molecule has 90 valence electrons. The van der Waals surface area contributed by atoms with Crippen molar-refractivity contribution in [2.45, 2.75) is 33.1 Å². The minimum absolute atomic E-state index is 0.00517. The van der Waals surface area contributed by atoms with E-state index in [1.807, 2.05) is 13.8 Å². The van der Waals surface area contributed by atoms with Crippen LogP contribution in [0.3, 0.4) is 0 Å². The van der Waals surface area contributed by atoms with E-state index in [2.05, 4.69) is 5.32 Å². The number of hydrogen-bond donors (Lipinski definition) is 2. The van der Waals surface area contributed by atoms with Crippen LogP contribution in [0.4, 0.5) is 0 Å². The van der Waals surface area contributed by atoms with Crippen molar-refractivity contribution >= 4 is 15.9 Å². The zero-order valence-electron chi connectivity index (χ0n) is 9.32. The molecule has 0 bridgehead atoms. The predicted molar refractivity (Wildman–Crippen MR) is 59.7 cm³/mol. The van der Waals surface area contributed by atoms with Crippen molar-refractivity contribution in [3.63, 3.8) is 0 Å². The molecule has 15 heavy (non-hydrogen) atoms. The van der Waals surface area contributed by atoms with Crippen molar-refractivity contribution in [2.75, 3.05) is 12.3 Å². The molecule has 0 saturated heterocycles. The normalized spacial score (nSPS) is 11.7. The largest absolute Gasteiger partial charge is 0.356 e. The lowest BCUT2D eigenvalue weighted by Crippen LogP contribution is -2.32. The van der Waals surface area contributed by atoms with Crippen molar-refractivity contribution in [2.24, 2.45) is 11.1 Å².